The topological polar surface area (TPSA) is 0 Å². The summed E-state index contributed by atoms with van der Waals surface area (Å²) in [5, 5.41) is 0. The van der Waals surface area contributed by atoms with Gasteiger partial charge in [-0.2, -0.15) is 0 Å². The predicted molar refractivity (Wildman–Crippen MR) is 76.9 cm³/mol. The Balaban J connectivity index is 0.000000111. The number of rotatable bonds is 0. The third kappa shape index (κ3) is 2.30. The molecule has 0 aromatic heterocycles. The van der Waals surface area contributed by atoms with E-state index in [-0.39, 0.29) is 0 Å². The van der Waals surface area contributed by atoms with Crippen molar-refractivity contribution >= 4 is 31.9 Å². The quantitative estimate of drug-likeness (QED) is 0.512. The first kappa shape index (κ1) is 13.8. The van der Waals surface area contributed by atoms with Crippen molar-refractivity contribution in [3.8, 4) is 0 Å². The Kier molecular flexibility index (Phi) is 4.07. The molecule has 2 unspecified atom stereocenters. The summed E-state index contributed by atoms with van der Waals surface area (Å²) in [6.07, 6.45) is 5.69. The summed E-state index contributed by atoms with van der Waals surface area (Å²) >= 11 is 6.99. The van der Waals surface area contributed by atoms with Crippen molar-refractivity contribution in [2.24, 2.45) is 23.7 Å². The van der Waals surface area contributed by atoms with E-state index in [1.54, 1.807) is 0 Å². The highest BCUT2D eigenvalue weighted by atomic mass is 79.9. The Morgan fingerprint density at radius 2 is 1.06 bits per heavy atom. The average Bonchev–Trinajstić information content (AvgIpc) is 3.02. The lowest BCUT2D eigenvalue weighted by atomic mass is 10.0. The number of alkyl halides is 4. The number of halogens is 4. The first-order chi connectivity index (χ1) is 8.58. The molecule has 0 aromatic rings. The molecule has 0 radical (unpaired) electrons. The van der Waals surface area contributed by atoms with Crippen molar-refractivity contribution in [3.63, 3.8) is 0 Å². The molecular formula is C14H20Br2F2. The highest BCUT2D eigenvalue weighted by Crippen LogP contribution is 2.50. The second-order valence-electron chi connectivity index (χ2n) is 6.39. The molecule has 4 rings (SSSR count). The van der Waals surface area contributed by atoms with Crippen molar-refractivity contribution in [2.45, 2.75) is 60.5 Å². The predicted octanol–water partition coefficient (Wildman–Crippen LogP) is 5.04. The van der Waals surface area contributed by atoms with Gasteiger partial charge >= 0.3 is 0 Å². The normalized spacial score (nSPS) is 56.7. The molecule has 8 atom stereocenters. The van der Waals surface area contributed by atoms with Gasteiger partial charge in [-0.3, -0.25) is 0 Å². The summed E-state index contributed by atoms with van der Waals surface area (Å²) in [7, 11) is 0. The van der Waals surface area contributed by atoms with Crippen molar-refractivity contribution in [3.05, 3.63) is 0 Å². The Labute approximate surface area is 125 Å². The molecule has 4 saturated carbocycles. The lowest BCUT2D eigenvalue weighted by Gasteiger charge is -2.12. The van der Waals surface area contributed by atoms with Gasteiger partial charge in [-0.25, -0.2) is 8.78 Å². The molecular weight excluding hydrogens is 366 g/mol. The maximum atomic E-state index is 13.0. The summed E-state index contributed by atoms with van der Waals surface area (Å²) < 4.78 is 26.0. The lowest BCUT2D eigenvalue weighted by Crippen LogP contribution is -2.11. The summed E-state index contributed by atoms with van der Waals surface area (Å²) in [5.74, 6) is 1.52. The van der Waals surface area contributed by atoms with Gasteiger partial charge in [-0.05, 0) is 50.4 Å². The zero-order valence-corrected chi connectivity index (χ0v) is 13.5. The van der Waals surface area contributed by atoms with Crippen LogP contribution >= 0.6 is 31.9 Å². The van der Waals surface area contributed by atoms with Crippen LogP contribution in [0.2, 0.25) is 0 Å². The Bertz CT molecular complexity index is 282. The molecule has 18 heavy (non-hydrogen) atoms. The molecule has 0 heterocycles. The van der Waals surface area contributed by atoms with Gasteiger partial charge in [0.1, 0.15) is 12.3 Å². The summed E-state index contributed by atoms with van der Waals surface area (Å²) in [5.41, 5.74) is 0. The van der Waals surface area contributed by atoms with E-state index >= 15 is 0 Å². The van der Waals surface area contributed by atoms with Crippen LogP contribution in [-0.4, -0.2) is 22.0 Å². The van der Waals surface area contributed by atoms with Crippen LogP contribution in [0.3, 0.4) is 0 Å². The van der Waals surface area contributed by atoms with Crippen LogP contribution in [0.5, 0.6) is 0 Å². The van der Waals surface area contributed by atoms with Crippen LogP contribution in [0, 0.1) is 23.7 Å². The van der Waals surface area contributed by atoms with Crippen LogP contribution in [0.15, 0.2) is 0 Å². The Morgan fingerprint density at radius 3 is 1.17 bits per heavy atom. The highest BCUT2D eigenvalue weighted by molar-refractivity contribution is 9.09. The molecule has 0 saturated heterocycles. The third-order valence-corrected chi connectivity index (χ3v) is 7.55. The van der Waals surface area contributed by atoms with Crippen LogP contribution in [0.4, 0.5) is 8.78 Å². The number of hydrogen-bond acceptors (Lipinski definition) is 0. The van der Waals surface area contributed by atoms with Crippen LogP contribution < -0.4 is 0 Å². The van der Waals surface area contributed by atoms with Crippen LogP contribution in [0.25, 0.3) is 0 Å². The molecule has 104 valence electrons. The SMILES string of the molecule is FC1[C@H]2CC[C@@H]1[C@@H](Br)C2.FC1[C@H]2CC[C@@H]1[C@H](Br)C2. The zero-order valence-electron chi connectivity index (χ0n) is 10.4. The lowest BCUT2D eigenvalue weighted by molar-refractivity contribution is 0.264. The number of hydrogen-bond donors (Lipinski definition) is 0. The van der Waals surface area contributed by atoms with Gasteiger partial charge in [0.25, 0.3) is 0 Å². The third-order valence-electron chi connectivity index (χ3n) is 5.45. The molecule has 4 aliphatic rings. The van der Waals surface area contributed by atoms with E-state index in [4.69, 9.17) is 0 Å². The van der Waals surface area contributed by atoms with Gasteiger partial charge in [0.2, 0.25) is 0 Å². The van der Waals surface area contributed by atoms with E-state index in [1.807, 2.05) is 0 Å². The largest absolute Gasteiger partial charge is 0.247 e. The molecule has 0 amide bonds. The fourth-order valence-corrected chi connectivity index (χ4v) is 6.41. The van der Waals surface area contributed by atoms with Gasteiger partial charge in [0.15, 0.2) is 0 Å². The maximum Gasteiger partial charge on any atom is 0.107 e. The average molecular weight is 386 g/mol. The minimum absolute atomic E-state index is 0.356. The second kappa shape index (κ2) is 5.31. The molecule has 0 spiro atoms. The van der Waals surface area contributed by atoms with E-state index in [9.17, 15) is 8.78 Å². The van der Waals surface area contributed by atoms with Gasteiger partial charge in [0.05, 0.1) is 0 Å². The zero-order chi connectivity index (χ0) is 12.9. The van der Waals surface area contributed by atoms with Crippen molar-refractivity contribution < 1.29 is 8.78 Å². The van der Waals surface area contributed by atoms with Crippen molar-refractivity contribution in [1.29, 1.82) is 0 Å². The van der Waals surface area contributed by atoms with Crippen LogP contribution in [0.1, 0.15) is 38.5 Å². The molecule has 0 nitrogen and oxygen atoms in total. The summed E-state index contributed by atoms with van der Waals surface area (Å²) in [6.45, 7) is 0. The minimum atomic E-state index is -0.477. The van der Waals surface area contributed by atoms with Crippen molar-refractivity contribution in [2.75, 3.05) is 0 Å². The van der Waals surface area contributed by atoms with Crippen molar-refractivity contribution in [1.82, 2.24) is 0 Å². The first-order valence-corrected chi connectivity index (χ1v) is 8.97. The molecule has 0 aromatic carbocycles. The van der Waals surface area contributed by atoms with Crippen LogP contribution in [-0.2, 0) is 0 Å². The molecule has 0 aliphatic heterocycles. The second-order valence-corrected chi connectivity index (χ2v) is 8.75. The fourth-order valence-electron chi connectivity index (χ4n) is 4.33. The minimum Gasteiger partial charge on any atom is -0.247 e. The summed E-state index contributed by atoms with van der Waals surface area (Å²) in [6, 6.07) is 0. The molecule has 4 fully saturated rings. The highest BCUT2D eigenvalue weighted by Gasteiger charge is 2.48. The van der Waals surface area contributed by atoms with E-state index in [2.05, 4.69) is 31.9 Å². The Hall–Kier alpha value is 0.820. The molecule has 4 heteroatoms. The first-order valence-electron chi connectivity index (χ1n) is 7.14. The standard InChI is InChI=1S/2C7H10BrF/c2*8-6-3-4-1-2-5(6)7(4)9/h2*4-7H,1-3H2/t4-,5+,6+,7?;4-,5+,6-,7?/m00/s1. The van der Waals surface area contributed by atoms with Gasteiger partial charge in [-0.1, -0.05) is 31.9 Å². The Morgan fingerprint density at radius 1 is 0.667 bits per heavy atom. The monoisotopic (exact) mass is 384 g/mol. The summed E-state index contributed by atoms with van der Waals surface area (Å²) in [4.78, 5) is 0.984. The molecule has 4 bridgehead atoms. The smallest absolute Gasteiger partial charge is 0.107 e. The van der Waals surface area contributed by atoms with E-state index in [0.717, 1.165) is 38.5 Å². The number of fused-ring (bicyclic) bond motifs is 4. The maximum absolute atomic E-state index is 13.0. The molecule has 0 N–H and O–H groups in total. The fraction of sp³-hybridized carbons (Fsp3) is 1.00. The van der Waals surface area contributed by atoms with E-state index in [0.29, 0.717) is 33.3 Å². The van der Waals surface area contributed by atoms with Gasteiger partial charge < -0.3 is 0 Å². The van der Waals surface area contributed by atoms with Gasteiger partial charge in [0, 0.05) is 21.5 Å². The van der Waals surface area contributed by atoms with E-state index in [1.165, 1.54) is 0 Å². The van der Waals surface area contributed by atoms with E-state index < -0.39 is 12.3 Å². The van der Waals surface area contributed by atoms with Gasteiger partial charge in [-0.15, -0.1) is 0 Å². The molecule has 4 aliphatic carbocycles.